The zero-order valence-electron chi connectivity index (χ0n) is 7.79. The molecule has 1 atom stereocenters. The Morgan fingerprint density at radius 2 is 2.13 bits per heavy atom. The van der Waals surface area contributed by atoms with Gasteiger partial charge in [0, 0.05) is 16.0 Å². The summed E-state index contributed by atoms with van der Waals surface area (Å²) in [5.74, 6) is -0.446. The second kappa shape index (κ2) is 5.42. The van der Waals surface area contributed by atoms with Gasteiger partial charge in [-0.25, -0.2) is 0 Å². The van der Waals surface area contributed by atoms with Gasteiger partial charge in [-0.15, -0.1) is 0 Å². The van der Waals surface area contributed by atoms with Crippen LogP contribution in [0.25, 0.3) is 0 Å². The Morgan fingerprint density at radius 1 is 1.47 bits per heavy atom. The number of alkyl halides is 2. The monoisotopic (exact) mass is 279 g/mol. The third-order valence-electron chi connectivity index (χ3n) is 1.85. The molecule has 0 bridgehead atoms. The van der Waals surface area contributed by atoms with Gasteiger partial charge in [-0.2, -0.15) is 8.78 Å². The molecule has 0 saturated heterocycles. The summed E-state index contributed by atoms with van der Waals surface area (Å²) in [6.45, 7) is 0.535. The Hall–Kier alpha value is -0.680. The van der Waals surface area contributed by atoms with Crippen molar-refractivity contribution >= 4 is 15.9 Å². The van der Waals surface area contributed by atoms with Crippen molar-refractivity contribution in [1.29, 1.82) is 0 Å². The fraction of sp³-hybridized carbons (Fsp3) is 0.300. The van der Waals surface area contributed by atoms with Gasteiger partial charge in [-0.1, -0.05) is 15.9 Å². The molecule has 0 fully saturated rings. The number of rotatable bonds is 4. The van der Waals surface area contributed by atoms with Crippen molar-refractivity contribution in [2.24, 2.45) is 0 Å². The van der Waals surface area contributed by atoms with E-state index in [-0.39, 0.29) is 12.4 Å². The van der Waals surface area contributed by atoms with Gasteiger partial charge in [0.2, 0.25) is 0 Å². The number of aliphatic hydroxyl groups is 1. The lowest BCUT2D eigenvalue weighted by Crippen LogP contribution is -2.07. The van der Waals surface area contributed by atoms with E-state index in [0.29, 0.717) is 5.56 Å². The van der Waals surface area contributed by atoms with E-state index in [2.05, 4.69) is 27.6 Å². The number of ether oxygens (including phenoxy) is 1. The largest absolute Gasteiger partial charge is 0.435 e. The van der Waals surface area contributed by atoms with Crippen LogP contribution in [0, 0.1) is 6.92 Å². The molecule has 0 aliphatic heterocycles. The predicted octanol–water partition coefficient (Wildman–Crippen LogP) is 2.96. The summed E-state index contributed by atoms with van der Waals surface area (Å²) in [5, 5.41) is 8.92. The molecule has 0 aromatic heterocycles. The fourth-order valence-corrected chi connectivity index (χ4v) is 1.52. The Bertz CT molecular complexity index is 331. The zero-order chi connectivity index (χ0) is 11.4. The highest BCUT2D eigenvalue weighted by molar-refractivity contribution is 9.10. The molecule has 0 saturated carbocycles. The quantitative estimate of drug-likeness (QED) is 0.918. The molecule has 1 N–H and O–H groups in total. The molecular weight excluding hydrogens is 270 g/mol. The van der Waals surface area contributed by atoms with Gasteiger partial charge in [0.15, 0.2) is 0 Å². The average Bonchev–Trinajstić information content (AvgIpc) is 2.19. The highest BCUT2D eigenvalue weighted by Gasteiger charge is 2.14. The van der Waals surface area contributed by atoms with Crippen molar-refractivity contribution in [3.05, 3.63) is 35.2 Å². The van der Waals surface area contributed by atoms with E-state index in [1.165, 1.54) is 6.07 Å². The molecule has 2 nitrogen and oxygen atoms in total. The van der Waals surface area contributed by atoms with Gasteiger partial charge >= 0.3 is 6.61 Å². The minimum atomic E-state index is -2.88. The summed E-state index contributed by atoms with van der Waals surface area (Å²) in [5.41, 5.74) is 0.451. The third kappa shape index (κ3) is 3.43. The molecule has 0 aliphatic rings. The first-order chi connectivity index (χ1) is 7.04. The lowest BCUT2D eigenvalue weighted by Gasteiger charge is -2.14. The molecule has 5 heteroatoms. The Kier molecular flexibility index (Phi) is 4.47. The van der Waals surface area contributed by atoms with Crippen LogP contribution in [0.15, 0.2) is 22.7 Å². The minimum absolute atomic E-state index is 0.0438. The van der Waals surface area contributed by atoms with Crippen LogP contribution in [0.5, 0.6) is 5.75 Å². The molecule has 1 radical (unpaired) electrons. The van der Waals surface area contributed by atoms with Gasteiger partial charge in [-0.3, -0.25) is 0 Å². The molecule has 1 rings (SSSR count). The van der Waals surface area contributed by atoms with Crippen molar-refractivity contribution in [3.8, 4) is 5.75 Å². The minimum Gasteiger partial charge on any atom is -0.435 e. The maximum atomic E-state index is 12.1. The number of benzene rings is 1. The summed E-state index contributed by atoms with van der Waals surface area (Å²) >= 11 is 3.21. The first-order valence-electron chi connectivity index (χ1n) is 4.22. The van der Waals surface area contributed by atoms with Crippen molar-refractivity contribution < 1.29 is 18.6 Å². The predicted molar refractivity (Wildman–Crippen MR) is 56.0 cm³/mol. The SMILES string of the molecule is [CH2]C(CO)c1cc(Br)ccc1OC(F)F. The summed E-state index contributed by atoms with van der Waals surface area (Å²) < 4.78 is 29.1. The van der Waals surface area contributed by atoms with Crippen LogP contribution in [0.4, 0.5) is 8.78 Å². The second-order valence-electron chi connectivity index (χ2n) is 2.94. The molecule has 1 unspecified atom stereocenters. The first-order valence-corrected chi connectivity index (χ1v) is 5.02. The third-order valence-corrected chi connectivity index (χ3v) is 2.34. The topological polar surface area (TPSA) is 29.5 Å². The first kappa shape index (κ1) is 12.4. The van der Waals surface area contributed by atoms with Gasteiger partial charge in [0.05, 0.1) is 6.61 Å². The van der Waals surface area contributed by atoms with E-state index < -0.39 is 12.5 Å². The van der Waals surface area contributed by atoms with Crippen molar-refractivity contribution in [3.63, 3.8) is 0 Å². The molecular formula is C10H10BrF2O2. The molecule has 83 valence electrons. The van der Waals surface area contributed by atoms with E-state index in [1.54, 1.807) is 12.1 Å². The molecule has 0 amide bonds. The van der Waals surface area contributed by atoms with Crippen LogP contribution in [0.1, 0.15) is 11.5 Å². The van der Waals surface area contributed by atoms with Crippen LogP contribution >= 0.6 is 15.9 Å². The van der Waals surface area contributed by atoms with Crippen LogP contribution in [-0.4, -0.2) is 18.3 Å². The maximum Gasteiger partial charge on any atom is 0.387 e. The Balaban J connectivity index is 3.02. The van der Waals surface area contributed by atoms with Crippen LogP contribution < -0.4 is 4.74 Å². The van der Waals surface area contributed by atoms with Crippen LogP contribution in [-0.2, 0) is 0 Å². The smallest absolute Gasteiger partial charge is 0.387 e. The van der Waals surface area contributed by atoms with Gasteiger partial charge in [0.1, 0.15) is 5.75 Å². The van der Waals surface area contributed by atoms with Gasteiger partial charge < -0.3 is 9.84 Å². The van der Waals surface area contributed by atoms with Crippen molar-refractivity contribution in [1.82, 2.24) is 0 Å². The molecule has 0 heterocycles. The van der Waals surface area contributed by atoms with Crippen molar-refractivity contribution in [2.45, 2.75) is 12.5 Å². The van der Waals surface area contributed by atoms with Crippen LogP contribution in [0.2, 0.25) is 0 Å². The number of hydrogen-bond acceptors (Lipinski definition) is 2. The summed E-state index contributed by atoms with van der Waals surface area (Å²) in [4.78, 5) is 0. The van der Waals surface area contributed by atoms with E-state index in [4.69, 9.17) is 5.11 Å². The highest BCUT2D eigenvalue weighted by atomic mass is 79.9. The lowest BCUT2D eigenvalue weighted by atomic mass is 10.0. The Morgan fingerprint density at radius 3 is 2.67 bits per heavy atom. The normalized spacial score (nSPS) is 12.9. The van der Waals surface area contributed by atoms with Crippen LogP contribution in [0.3, 0.4) is 0 Å². The summed E-state index contributed by atoms with van der Waals surface area (Å²) in [6, 6.07) is 4.61. The van der Waals surface area contributed by atoms with E-state index >= 15 is 0 Å². The molecule has 1 aromatic carbocycles. The maximum absolute atomic E-state index is 12.1. The summed E-state index contributed by atoms with van der Waals surface area (Å²) in [6.07, 6.45) is 0. The van der Waals surface area contributed by atoms with Gasteiger partial charge in [0.25, 0.3) is 0 Å². The second-order valence-corrected chi connectivity index (χ2v) is 3.86. The van der Waals surface area contributed by atoms with Gasteiger partial charge in [-0.05, 0) is 25.1 Å². The summed E-state index contributed by atoms with van der Waals surface area (Å²) in [7, 11) is 0. The molecule has 1 aromatic rings. The zero-order valence-corrected chi connectivity index (χ0v) is 9.38. The molecule has 0 aliphatic carbocycles. The fourth-order valence-electron chi connectivity index (χ4n) is 1.14. The number of aliphatic hydroxyl groups excluding tert-OH is 1. The Labute approximate surface area is 95.0 Å². The standard InChI is InChI=1S/C10H10BrF2O2/c1-6(5-14)8-4-7(11)2-3-9(8)15-10(12)13/h2-4,6,10,14H,1,5H2. The van der Waals surface area contributed by atoms with E-state index in [9.17, 15) is 8.78 Å². The van der Waals surface area contributed by atoms with Crippen molar-refractivity contribution in [2.75, 3.05) is 6.61 Å². The lowest BCUT2D eigenvalue weighted by molar-refractivity contribution is -0.0506. The highest BCUT2D eigenvalue weighted by Crippen LogP contribution is 2.30. The van der Waals surface area contributed by atoms with E-state index in [0.717, 1.165) is 4.47 Å². The molecule has 15 heavy (non-hydrogen) atoms. The average molecular weight is 280 g/mol. The molecule has 0 spiro atoms. The number of halogens is 3. The van der Waals surface area contributed by atoms with E-state index in [1.807, 2.05) is 0 Å². The number of hydrogen-bond donors (Lipinski definition) is 1.